The van der Waals surface area contributed by atoms with Crippen LogP contribution in [0.25, 0.3) is 0 Å². The molecule has 0 aliphatic carbocycles. The summed E-state index contributed by atoms with van der Waals surface area (Å²) in [6.45, 7) is 2.72. The number of carbonyl (C=O) groups is 1. The number of hydrogen-bond acceptors (Lipinski definition) is 2. The Bertz CT molecular complexity index is 238. The monoisotopic (exact) mass is 171 g/mol. The van der Waals surface area contributed by atoms with Crippen molar-refractivity contribution in [2.24, 2.45) is 0 Å². The number of aryl methyl sites for hydroxylation is 1. The Morgan fingerprint density at radius 3 is 2.42 bits per heavy atom. The molecule has 0 atom stereocenters. The van der Waals surface area contributed by atoms with Gasteiger partial charge in [0.1, 0.15) is 5.82 Å². The van der Waals surface area contributed by atoms with Crippen molar-refractivity contribution in [3.63, 3.8) is 0 Å². The minimum Gasteiger partial charge on any atom is -0.481 e. The predicted octanol–water partition coefficient (Wildman–Crippen LogP) is 1.62. The molecule has 0 saturated heterocycles. The van der Waals surface area contributed by atoms with Gasteiger partial charge in [-0.1, -0.05) is 0 Å². The Balaban J connectivity index is 0.000000261. The Labute approximate surface area is 69.9 Å². The molecule has 12 heavy (non-hydrogen) atoms. The predicted molar refractivity (Wildman–Crippen MR) is 42.2 cm³/mol. The first-order chi connectivity index (χ1) is 5.54. The number of halogens is 1. The maximum Gasteiger partial charge on any atom is 0.300 e. The highest BCUT2D eigenvalue weighted by Crippen LogP contribution is 1.97. The molecule has 0 aliphatic heterocycles. The van der Waals surface area contributed by atoms with Gasteiger partial charge in [-0.05, 0) is 19.1 Å². The molecule has 0 aliphatic rings. The fourth-order valence-electron chi connectivity index (χ4n) is 0.465. The van der Waals surface area contributed by atoms with Crippen molar-refractivity contribution in [1.82, 2.24) is 4.98 Å². The Morgan fingerprint density at radius 2 is 2.17 bits per heavy atom. The maximum atomic E-state index is 12.3. The summed E-state index contributed by atoms with van der Waals surface area (Å²) >= 11 is 0. The van der Waals surface area contributed by atoms with E-state index in [-0.39, 0.29) is 5.82 Å². The third-order valence-corrected chi connectivity index (χ3v) is 0.942. The van der Waals surface area contributed by atoms with Gasteiger partial charge in [-0.3, -0.25) is 9.78 Å². The highest BCUT2D eigenvalue weighted by Gasteiger charge is 1.90. The van der Waals surface area contributed by atoms with E-state index in [1.54, 1.807) is 19.2 Å². The highest BCUT2D eigenvalue weighted by molar-refractivity contribution is 5.62. The molecule has 0 radical (unpaired) electrons. The SMILES string of the molecule is CC(=O)O.Cc1ncccc1F. The van der Waals surface area contributed by atoms with Gasteiger partial charge in [0, 0.05) is 13.1 Å². The van der Waals surface area contributed by atoms with Crippen LogP contribution in [0.5, 0.6) is 0 Å². The smallest absolute Gasteiger partial charge is 0.300 e. The van der Waals surface area contributed by atoms with Gasteiger partial charge in [0.05, 0.1) is 5.69 Å². The fraction of sp³-hybridized carbons (Fsp3) is 0.250. The Hall–Kier alpha value is -1.45. The van der Waals surface area contributed by atoms with E-state index in [2.05, 4.69) is 4.98 Å². The second-order valence-electron chi connectivity index (χ2n) is 2.09. The quantitative estimate of drug-likeness (QED) is 0.645. The van der Waals surface area contributed by atoms with Crippen LogP contribution in [-0.2, 0) is 4.79 Å². The molecule has 1 aromatic rings. The zero-order chi connectivity index (χ0) is 9.56. The summed E-state index contributed by atoms with van der Waals surface area (Å²) in [4.78, 5) is 12.7. The summed E-state index contributed by atoms with van der Waals surface area (Å²) in [6.07, 6.45) is 1.57. The average molecular weight is 171 g/mol. The molecular weight excluding hydrogens is 161 g/mol. The fourth-order valence-corrected chi connectivity index (χ4v) is 0.465. The first kappa shape index (κ1) is 10.6. The average Bonchev–Trinajstić information content (AvgIpc) is 1.94. The third-order valence-electron chi connectivity index (χ3n) is 0.942. The summed E-state index contributed by atoms with van der Waals surface area (Å²) in [7, 11) is 0. The first-order valence-electron chi connectivity index (χ1n) is 3.30. The minimum absolute atomic E-state index is 0.243. The molecule has 0 aromatic carbocycles. The van der Waals surface area contributed by atoms with Crippen molar-refractivity contribution in [2.75, 3.05) is 0 Å². The minimum atomic E-state index is -0.833. The number of nitrogens with zero attached hydrogens (tertiary/aromatic N) is 1. The summed E-state index contributed by atoms with van der Waals surface area (Å²) < 4.78 is 12.3. The van der Waals surface area contributed by atoms with Crippen molar-refractivity contribution < 1.29 is 14.3 Å². The van der Waals surface area contributed by atoms with Crippen LogP contribution in [0, 0.1) is 12.7 Å². The first-order valence-corrected chi connectivity index (χ1v) is 3.30. The van der Waals surface area contributed by atoms with E-state index in [0.717, 1.165) is 6.92 Å². The van der Waals surface area contributed by atoms with E-state index in [9.17, 15) is 4.39 Å². The number of carboxylic acid groups (broad SMARTS) is 1. The van der Waals surface area contributed by atoms with Crippen LogP contribution in [0.2, 0.25) is 0 Å². The molecule has 66 valence electrons. The van der Waals surface area contributed by atoms with Crippen LogP contribution in [0.3, 0.4) is 0 Å². The second kappa shape index (κ2) is 5.23. The van der Waals surface area contributed by atoms with Gasteiger partial charge in [-0.25, -0.2) is 4.39 Å². The lowest BCUT2D eigenvalue weighted by molar-refractivity contribution is -0.134. The number of hydrogen-bond donors (Lipinski definition) is 1. The standard InChI is InChI=1S/C6H6FN.C2H4O2/c1-5-6(7)3-2-4-8-5;1-2(3)4/h2-4H,1H3;1H3,(H,3,4). The van der Waals surface area contributed by atoms with Gasteiger partial charge in [-0.15, -0.1) is 0 Å². The lowest BCUT2D eigenvalue weighted by Gasteiger charge is -1.88. The summed E-state index contributed by atoms with van der Waals surface area (Å²) in [5, 5.41) is 7.42. The van der Waals surface area contributed by atoms with Crippen LogP contribution in [0.1, 0.15) is 12.6 Å². The molecule has 1 rings (SSSR count). The van der Waals surface area contributed by atoms with Gasteiger partial charge in [-0.2, -0.15) is 0 Å². The molecule has 0 unspecified atom stereocenters. The number of rotatable bonds is 0. The van der Waals surface area contributed by atoms with E-state index in [4.69, 9.17) is 9.90 Å². The van der Waals surface area contributed by atoms with Crippen molar-refractivity contribution in [2.45, 2.75) is 13.8 Å². The van der Waals surface area contributed by atoms with Crippen molar-refractivity contribution in [1.29, 1.82) is 0 Å². The van der Waals surface area contributed by atoms with Gasteiger partial charge < -0.3 is 5.11 Å². The van der Waals surface area contributed by atoms with Crippen LogP contribution in [0.4, 0.5) is 4.39 Å². The van der Waals surface area contributed by atoms with E-state index in [1.165, 1.54) is 6.07 Å². The molecule has 1 N–H and O–H groups in total. The van der Waals surface area contributed by atoms with Gasteiger partial charge in [0.15, 0.2) is 0 Å². The normalized spacial score (nSPS) is 8.25. The van der Waals surface area contributed by atoms with Crippen molar-refractivity contribution >= 4 is 5.97 Å². The van der Waals surface area contributed by atoms with Gasteiger partial charge >= 0.3 is 0 Å². The second-order valence-corrected chi connectivity index (χ2v) is 2.09. The van der Waals surface area contributed by atoms with Gasteiger partial charge in [0.25, 0.3) is 5.97 Å². The van der Waals surface area contributed by atoms with E-state index in [1.807, 2.05) is 0 Å². The lowest BCUT2D eigenvalue weighted by atomic mass is 10.4. The Morgan fingerprint density at radius 1 is 1.67 bits per heavy atom. The summed E-state index contributed by atoms with van der Waals surface area (Å²) in [5.74, 6) is -1.08. The molecule has 0 amide bonds. The molecule has 1 aromatic heterocycles. The van der Waals surface area contributed by atoms with Crippen LogP contribution >= 0.6 is 0 Å². The van der Waals surface area contributed by atoms with Crippen LogP contribution in [0.15, 0.2) is 18.3 Å². The zero-order valence-corrected chi connectivity index (χ0v) is 6.91. The molecule has 0 spiro atoms. The van der Waals surface area contributed by atoms with Crippen LogP contribution in [-0.4, -0.2) is 16.1 Å². The maximum absolute atomic E-state index is 12.3. The topological polar surface area (TPSA) is 50.2 Å². The molecule has 0 bridgehead atoms. The third kappa shape index (κ3) is 5.34. The van der Waals surface area contributed by atoms with Crippen molar-refractivity contribution in [3.05, 3.63) is 29.8 Å². The van der Waals surface area contributed by atoms with Crippen LogP contribution < -0.4 is 0 Å². The highest BCUT2D eigenvalue weighted by atomic mass is 19.1. The Kier molecular flexibility index (Phi) is 4.60. The number of aliphatic carboxylic acids is 1. The molecule has 4 heteroatoms. The molecule has 0 fully saturated rings. The lowest BCUT2D eigenvalue weighted by Crippen LogP contribution is -1.82. The molecule has 0 saturated carbocycles. The molecule has 1 heterocycles. The number of aromatic nitrogens is 1. The van der Waals surface area contributed by atoms with E-state index >= 15 is 0 Å². The molecular formula is C8H10FNO2. The number of carboxylic acids is 1. The largest absolute Gasteiger partial charge is 0.481 e. The molecule has 3 nitrogen and oxygen atoms in total. The zero-order valence-electron chi connectivity index (χ0n) is 6.91. The van der Waals surface area contributed by atoms with E-state index in [0.29, 0.717) is 5.69 Å². The van der Waals surface area contributed by atoms with Crippen molar-refractivity contribution in [3.8, 4) is 0 Å². The van der Waals surface area contributed by atoms with Gasteiger partial charge in [0.2, 0.25) is 0 Å². The summed E-state index contributed by atoms with van der Waals surface area (Å²) in [5.41, 5.74) is 0.451. The van der Waals surface area contributed by atoms with E-state index < -0.39 is 5.97 Å². The number of pyridine rings is 1. The summed E-state index contributed by atoms with van der Waals surface area (Å²) in [6, 6.07) is 2.96.